The van der Waals surface area contributed by atoms with Gasteiger partial charge in [0.2, 0.25) is 11.8 Å². The van der Waals surface area contributed by atoms with Gasteiger partial charge in [0.05, 0.1) is 25.6 Å². The molecule has 3 aromatic rings. The Morgan fingerprint density at radius 2 is 1.66 bits per heavy atom. The number of nitrogens with zero attached hydrogens (tertiary/aromatic N) is 3. The number of halogens is 2. The molecule has 1 N–H and O–H groups in total. The minimum Gasteiger partial charge on any atom is -0.352 e. The SMILES string of the molecule is CC[C@H](C)NC(=O)[C@H](C)N(Cc1ccc(Cl)c(Cl)c1)C(=O)CN(c1cccc([N+](=O)[O-])c1)S(=O)(=O)c1ccccc1. The fraction of sp³-hybridized carbons (Fsp3) is 0.286. The van der Waals surface area contributed by atoms with Crippen molar-refractivity contribution in [1.29, 1.82) is 0 Å². The van der Waals surface area contributed by atoms with Crippen molar-refractivity contribution in [3.05, 3.63) is 98.5 Å². The van der Waals surface area contributed by atoms with E-state index < -0.39 is 39.3 Å². The molecule has 41 heavy (non-hydrogen) atoms. The van der Waals surface area contributed by atoms with Crippen LogP contribution >= 0.6 is 23.2 Å². The zero-order chi connectivity index (χ0) is 30.3. The molecule has 3 rings (SSSR count). The maximum atomic E-state index is 13.9. The van der Waals surface area contributed by atoms with Gasteiger partial charge in [-0.25, -0.2) is 8.42 Å². The van der Waals surface area contributed by atoms with Crippen molar-refractivity contribution < 1.29 is 22.9 Å². The summed E-state index contributed by atoms with van der Waals surface area (Å²) < 4.78 is 28.4. The van der Waals surface area contributed by atoms with E-state index in [2.05, 4.69) is 5.32 Å². The van der Waals surface area contributed by atoms with Crippen LogP contribution in [0.2, 0.25) is 10.0 Å². The number of hydrogen-bond acceptors (Lipinski definition) is 6. The Labute approximate surface area is 249 Å². The number of carbonyl (C=O) groups excluding carboxylic acids is 2. The number of sulfonamides is 1. The molecule has 0 radical (unpaired) electrons. The molecule has 0 bridgehead atoms. The Morgan fingerprint density at radius 1 is 0.976 bits per heavy atom. The molecule has 2 amide bonds. The van der Waals surface area contributed by atoms with Crippen LogP contribution in [-0.4, -0.2) is 48.7 Å². The van der Waals surface area contributed by atoms with Gasteiger partial charge in [-0.3, -0.25) is 24.0 Å². The number of nitro groups is 1. The maximum Gasteiger partial charge on any atom is 0.271 e. The van der Waals surface area contributed by atoms with Crippen LogP contribution in [0.5, 0.6) is 0 Å². The van der Waals surface area contributed by atoms with Crippen molar-refractivity contribution in [2.75, 3.05) is 10.8 Å². The molecule has 0 fully saturated rings. The number of nitro benzene ring substituents is 1. The number of nitrogens with one attached hydrogen (secondary N) is 1. The van der Waals surface area contributed by atoms with Gasteiger partial charge in [-0.05, 0) is 56.2 Å². The Bertz CT molecular complexity index is 1520. The molecule has 0 saturated carbocycles. The first-order chi connectivity index (χ1) is 19.3. The molecule has 0 aliphatic carbocycles. The summed E-state index contributed by atoms with van der Waals surface area (Å²) in [4.78, 5) is 39.0. The zero-order valence-corrected chi connectivity index (χ0v) is 25.0. The van der Waals surface area contributed by atoms with E-state index in [1.165, 1.54) is 54.3 Å². The molecule has 0 unspecified atom stereocenters. The fourth-order valence-electron chi connectivity index (χ4n) is 3.89. The number of anilines is 1. The Balaban J connectivity index is 2.07. The van der Waals surface area contributed by atoms with Crippen LogP contribution in [0.25, 0.3) is 0 Å². The highest BCUT2D eigenvalue weighted by Gasteiger charge is 2.33. The average Bonchev–Trinajstić information content (AvgIpc) is 2.96. The number of hydrogen-bond donors (Lipinski definition) is 1. The molecule has 0 aliphatic heterocycles. The number of rotatable bonds is 12. The van der Waals surface area contributed by atoms with Crippen LogP contribution in [0.4, 0.5) is 11.4 Å². The molecule has 0 saturated heterocycles. The van der Waals surface area contributed by atoms with Crippen LogP contribution in [0.15, 0.2) is 77.7 Å². The molecule has 0 aliphatic rings. The third kappa shape index (κ3) is 7.96. The van der Waals surface area contributed by atoms with E-state index in [1.807, 2.05) is 13.8 Å². The lowest BCUT2D eigenvalue weighted by Crippen LogP contribution is -2.52. The van der Waals surface area contributed by atoms with Gasteiger partial charge in [0.25, 0.3) is 15.7 Å². The summed E-state index contributed by atoms with van der Waals surface area (Å²) in [5, 5.41) is 14.9. The quantitative estimate of drug-likeness (QED) is 0.212. The Hall–Kier alpha value is -3.67. The Morgan fingerprint density at radius 3 is 2.27 bits per heavy atom. The van der Waals surface area contributed by atoms with Gasteiger partial charge in [-0.15, -0.1) is 0 Å². The lowest BCUT2D eigenvalue weighted by molar-refractivity contribution is -0.384. The van der Waals surface area contributed by atoms with Crippen molar-refractivity contribution in [2.24, 2.45) is 0 Å². The Kier molecular flexibility index (Phi) is 10.7. The van der Waals surface area contributed by atoms with Crippen molar-refractivity contribution in [2.45, 2.75) is 50.7 Å². The van der Waals surface area contributed by atoms with Gasteiger partial charge in [0.1, 0.15) is 12.6 Å². The first-order valence-electron chi connectivity index (χ1n) is 12.7. The fourth-order valence-corrected chi connectivity index (χ4v) is 5.64. The predicted octanol–water partition coefficient (Wildman–Crippen LogP) is 5.43. The second-order valence-electron chi connectivity index (χ2n) is 9.37. The topological polar surface area (TPSA) is 130 Å². The van der Waals surface area contributed by atoms with Crippen molar-refractivity contribution >= 4 is 56.4 Å². The molecule has 2 atom stereocenters. The summed E-state index contributed by atoms with van der Waals surface area (Å²) in [5.74, 6) is -1.14. The lowest BCUT2D eigenvalue weighted by Gasteiger charge is -2.32. The van der Waals surface area contributed by atoms with Gasteiger partial charge >= 0.3 is 0 Å². The normalized spacial score (nSPS) is 12.7. The van der Waals surface area contributed by atoms with Crippen molar-refractivity contribution in [3.63, 3.8) is 0 Å². The lowest BCUT2D eigenvalue weighted by atomic mass is 10.1. The van der Waals surface area contributed by atoms with Gasteiger partial charge in [-0.1, -0.05) is 60.5 Å². The smallest absolute Gasteiger partial charge is 0.271 e. The third-order valence-corrected chi connectivity index (χ3v) is 8.97. The number of carbonyl (C=O) groups is 2. The van der Waals surface area contributed by atoms with E-state index in [0.717, 1.165) is 10.4 Å². The predicted molar refractivity (Wildman–Crippen MR) is 158 cm³/mol. The molecule has 0 spiro atoms. The van der Waals surface area contributed by atoms with E-state index in [9.17, 15) is 28.1 Å². The van der Waals surface area contributed by atoms with Gasteiger partial charge in [0, 0.05) is 24.7 Å². The van der Waals surface area contributed by atoms with E-state index in [-0.39, 0.29) is 33.9 Å². The van der Waals surface area contributed by atoms with Gasteiger partial charge in [0.15, 0.2) is 0 Å². The number of non-ortho nitro benzene ring substituents is 1. The van der Waals surface area contributed by atoms with E-state index in [4.69, 9.17) is 23.2 Å². The summed E-state index contributed by atoms with van der Waals surface area (Å²) in [5.41, 5.74) is 0.128. The third-order valence-electron chi connectivity index (χ3n) is 6.44. The van der Waals surface area contributed by atoms with Crippen LogP contribution in [-0.2, 0) is 26.2 Å². The second kappa shape index (κ2) is 13.8. The summed E-state index contributed by atoms with van der Waals surface area (Å²) in [6.07, 6.45) is 0.662. The molecular weight excluding hydrogens is 591 g/mol. The highest BCUT2D eigenvalue weighted by atomic mass is 35.5. The van der Waals surface area contributed by atoms with Crippen LogP contribution < -0.4 is 9.62 Å². The molecule has 0 heterocycles. The average molecular weight is 622 g/mol. The number of benzene rings is 3. The van der Waals surface area contributed by atoms with Gasteiger partial charge in [-0.2, -0.15) is 0 Å². The van der Waals surface area contributed by atoms with E-state index >= 15 is 0 Å². The van der Waals surface area contributed by atoms with Crippen LogP contribution in [0.1, 0.15) is 32.8 Å². The standard InChI is InChI=1S/C28H30Cl2N4O6S/c1-4-19(2)31-28(36)20(3)32(17-21-13-14-25(29)26(30)15-21)27(35)18-33(22-9-8-10-23(16-22)34(37)38)41(39,40)24-11-6-5-7-12-24/h5-16,19-20H,4,17-18H2,1-3H3,(H,31,36)/t19-,20-/m0/s1. The summed E-state index contributed by atoms with van der Waals surface area (Å²) in [6, 6.07) is 16.0. The zero-order valence-electron chi connectivity index (χ0n) is 22.7. The van der Waals surface area contributed by atoms with Crippen molar-refractivity contribution in [3.8, 4) is 0 Å². The minimum atomic E-state index is -4.36. The second-order valence-corrected chi connectivity index (χ2v) is 12.0. The molecule has 3 aromatic carbocycles. The molecule has 218 valence electrons. The summed E-state index contributed by atoms with van der Waals surface area (Å²) >= 11 is 12.2. The maximum absolute atomic E-state index is 13.9. The van der Waals surface area contributed by atoms with E-state index in [0.29, 0.717) is 17.0 Å². The minimum absolute atomic E-state index is 0.0809. The largest absolute Gasteiger partial charge is 0.352 e. The first-order valence-corrected chi connectivity index (χ1v) is 14.9. The first kappa shape index (κ1) is 31.9. The summed E-state index contributed by atoms with van der Waals surface area (Å²) in [6.45, 7) is 4.45. The summed E-state index contributed by atoms with van der Waals surface area (Å²) in [7, 11) is -4.36. The molecule has 0 aromatic heterocycles. The monoisotopic (exact) mass is 620 g/mol. The van der Waals surface area contributed by atoms with Crippen LogP contribution in [0.3, 0.4) is 0 Å². The van der Waals surface area contributed by atoms with Gasteiger partial charge < -0.3 is 10.2 Å². The highest BCUT2D eigenvalue weighted by Crippen LogP contribution is 2.28. The molecule has 10 nitrogen and oxygen atoms in total. The number of amides is 2. The van der Waals surface area contributed by atoms with Crippen LogP contribution in [0, 0.1) is 10.1 Å². The van der Waals surface area contributed by atoms with E-state index in [1.54, 1.807) is 24.3 Å². The highest BCUT2D eigenvalue weighted by molar-refractivity contribution is 7.92. The van der Waals surface area contributed by atoms with Crippen molar-refractivity contribution in [1.82, 2.24) is 10.2 Å². The molecular formula is C28H30Cl2N4O6S. The molecule has 13 heteroatoms.